The summed E-state index contributed by atoms with van der Waals surface area (Å²) in [5.41, 5.74) is 2.27. The summed E-state index contributed by atoms with van der Waals surface area (Å²) in [5.74, 6) is 6.24. The lowest BCUT2D eigenvalue weighted by molar-refractivity contribution is -0.108. The van der Waals surface area contributed by atoms with Gasteiger partial charge in [0.2, 0.25) is 0 Å². The van der Waals surface area contributed by atoms with Gasteiger partial charge in [-0.2, -0.15) is 0 Å². The number of aryl methyl sites for hydroxylation is 1. The number of carbonyl (C=O) groups excluding carboxylic acids is 2. The Hall–Kier alpha value is -3.28. The van der Waals surface area contributed by atoms with Crippen LogP contribution in [-0.4, -0.2) is 30.3 Å². The minimum Gasteiger partial charge on any atom is -0.412 e. The number of Topliss-reactive ketones (excluding diaryl/α,β-unsaturated/α-hetero) is 1. The number of terminal acetylenes is 2. The van der Waals surface area contributed by atoms with Crippen molar-refractivity contribution in [3.63, 3.8) is 0 Å². The van der Waals surface area contributed by atoms with Crippen LogP contribution in [0, 0.1) is 55.2 Å². The van der Waals surface area contributed by atoms with Gasteiger partial charge in [-0.1, -0.05) is 30.5 Å². The molecular formula is C27H36FNO3. The fourth-order valence-corrected chi connectivity index (χ4v) is 3.32. The predicted octanol–water partition coefficient (Wildman–Crippen LogP) is 4.82. The van der Waals surface area contributed by atoms with Crippen molar-refractivity contribution in [2.75, 3.05) is 7.05 Å². The number of carbonyl (C=O) groups is 2. The van der Waals surface area contributed by atoms with Gasteiger partial charge in [-0.25, -0.2) is 4.39 Å². The molecule has 1 aromatic rings. The molecule has 174 valence electrons. The summed E-state index contributed by atoms with van der Waals surface area (Å²) >= 11 is 0. The highest BCUT2D eigenvalue weighted by Gasteiger charge is 2.48. The maximum Gasteiger partial charge on any atom is 0.253 e. The molecule has 0 saturated heterocycles. The molecule has 0 unspecified atom stereocenters. The first-order valence-corrected chi connectivity index (χ1v) is 10.2. The van der Waals surface area contributed by atoms with Gasteiger partial charge < -0.3 is 10.3 Å². The van der Waals surface area contributed by atoms with Gasteiger partial charge in [-0.05, 0) is 68.1 Å². The molecule has 1 aromatic carbocycles. The van der Waals surface area contributed by atoms with Crippen LogP contribution in [0.3, 0.4) is 0 Å². The maximum atomic E-state index is 12.1. The van der Waals surface area contributed by atoms with Gasteiger partial charge in [0.1, 0.15) is 17.8 Å². The minimum atomic E-state index is -0.398. The van der Waals surface area contributed by atoms with Crippen molar-refractivity contribution < 1.29 is 20.9 Å². The summed E-state index contributed by atoms with van der Waals surface area (Å²) < 4.78 is 12.1. The molecule has 0 heterocycles. The molecule has 3 atom stereocenters. The lowest BCUT2D eigenvalue weighted by Gasteiger charge is -2.53. The molecule has 0 aliphatic heterocycles. The molecule has 4 nitrogen and oxygen atoms in total. The van der Waals surface area contributed by atoms with Crippen molar-refractivity contribution in [1.29, 1.82) is 0 Å². The Bertz CT molecular complexity index is 842. The van der Waals surface area contributed by atoms with E-state index in [1.54, 1.807) is 25.3 Å². The molecule has 5 heteroatoms. The van der Waals surface area contributed by atoms with Gasteiger partial charge in [0.05, 0.1) is 0 Å². The zero-order valence-corrected chi connectivity index (χ0v) is 19.2. The summed E-state index contributed by atoms with van der Waals surface area (Å²) in [6, 6.07) is 6.40. The molecule has 0 amide bonds. The highest BCUT2D eigenvalue weighted by Crippen LogP contribution is 2.56. The Balaban J connectivity index is -0.000000474. The van der Waals surface area contributed by atoms with E-state index >= 15 is 0 Å². The predicted molar refractivity (Wildman–Crippen MR) is 133 cm³/mol. The summed E-state index contributed by atoms with van der Waals surface area (Å²) in [5, 5.41) is 0. The number of benzene rings is 1. The Morgan fingerprint density at radius 3 is 2.09 bits per heavy atom. The van der Waals surface area contributed by atoms with E-state index in [4.69, 9.17) is 12.8 Å². The van der Waals surface area contributed by atoms with E-state index in [1.807, 2.05) is 13.8 Å². The standard InChI is InChI=1S/C15H15NO.C7H7F.C3H6O.C2H4.H2O.H2/c1-4-10(9-14(16-3)15(17)5-2)13-8-11-6-7-12(11)13;1-6-2-4-7(8)5-3-6;1-2-3-4;1-2;;/h1-2,9,11-13H,6-8H2,3H3;2-5H,1H3;3H,2H2,1H3;1-2H2;1H2;1H/b10-9+,16-14?;;;;;/t11-,12-,13-;;;;;/m0...../s1. The molecule has 2 aliphatic rings. The molecule has 0 bridgehead atoms. The number of aliphatic imine (C=N–C) groups is 1. The number of halogens is 1. The average molecular weight is 442 g/mol. The molecule has 32 heavy (non-hydrogen) atoms. The number of ketones is 1. The van der Waals surface area contributed by atoms with Crippen molar-refractivity contribution in [3.05, 3.63) is 60.5 Å². The van der Waals surface area contributed by atoms with E-state index in [1.165, 1.54) is 25.0 Å². The third-order valence-corrected chi connectivity index (χ3v) is 5.19. The summed E-state index contributed by atoms with van der Waals surface area (Å²) in [4.78, 5) is 24.5. The number of rotatable bonds is 4. The van der Waals surface area contributed by atoms with Crippen molar-refractivity contribution in [2.24, 2.45) is 22.7 Å². The first kappa shape index (κ1) is 30.9. The van der Waals surface area contributed by atoms with Gasteiger partial charge in [0, 0.05) is 20.5 Å². The topological polar surface area (TPSA) is 78.0 Å². The van der Waals surface area contributed by atoms with Crippen molar-refractivity contribution in [3.8, 4) is 24.7 Å². The Morgan fingerprint density at radius 1 is 1.25 bits per heavy atom. The smallest absolute Gasteiger partial charge is 0.253 e. The molecule has 0 radical (unpaired) electrons. The third kappa shape index (κ3) is 9.69. The minimum absolute atomic E-state index is 0. The van der Waals surface area contributed by atoms with Crippen LogP contribution in [0.25, 0.3) is 0 Å². The highest BCUT2D eigenvalue weighted by atomic mass is 19.1. The van der Waals surface area contributed by atoms with Gasteiger partial charge in [0.15, 0.2) is 0 Å². The summed E-state index contributed by atoms with van der Waals surface area (Å²) in [6.07, 6.45) is 17.6. The number of nitrogens with zero attached hydrogens (tertiary/aromatic N) is 1. The lowest BCUT2D eigenvalue weighted by atomic mass is 9.51. The van der Waals surface area contributed by atoms with Gasteiger partial charge in [0.25, 0.3) is 5.78 Å². The van der Waals surface area contributed by atoms with Crippen molar-refractivity contribution in [1.82, 2.24) is 0 Å². The van der Waals surface area contributed by atoms with Gasteiger partial charge in [-0.3, -0.25) is 9.79 Å². The average Bonchev–Trinajstić information content (AvgIpc) is 2.80. The second-order valence-corrected chi connectivity index (χ2v) is 7.04. The van der Waals surface area contributed by atoms with Crippen LogP contribution < -0.4 is 0 Å². The molecule has 0 aromatic heterocycles. The molecule has 2 saturated carbocycles. The molecule has 2 N–H and O–H groups in total. The van der Waals surface area contributed by atoms with Crippen LogP contribution >= 0.6 is 0 Å². The quantitative estimate of drug-likeness (QED) is 0.221. The van der Waals surface area contributed by atoms with Crippen LogP contribution in [0.4, 0.5) is 4.39 Å². The number of fused-ring (bicyclic) bond motifs is 1. The second kappa shape index (κ2) is 17.4. The SMILES string of the molecule is C#CC(=O)C(/C=C(\C#C)[C@@H]1C[C@@H]2CC[C@@H]21)=NC.C=C.CCC=O.Cc1ccc(F)cc1.O.[HH]. The largest absolute Gasteiger partial charge is 0.412 e. The zero-order valence-electron chi connectivity index (χ0n) is 19.2. The Labute approximate surface area is 193 Å². The normalized spacial score (nSPS) is 19.9. The van der Waals surface area contributed by atoms with E-state index in [0.29, 0.717) is 18.1 Å². The lowest BCUT2D eigenvalue weighted by Crippen LogP contribution is -2.45. The number of hydrogen-bond donors (Lipinski definition) is 0. The Kier molecular flexibility index (Phi) is 16.8. The number of allylic oxidation sites excluding steroid dienone is 2. The van der Waals surface area contributed by atoms with Crippen LogP contribution in [-0.2, 0) is 9.59 Å². The fraction of sp³-hybridized carbons (Fsp3) is 0.370. The number of aldehydes is 1. The molecule has 2 fully saturated rings. The molecule has 3 rings (SSSR count). The van der Waals surface area contributed by atoms with Crippen molar-refractivity contribution >= 4 is 17.8 Å². The maximum absolute atomic E-state index is 12.1. The van der Waals surface area contributed by atoms with Crippen LogP contribution in [0.5, 0.6) is 0 Å². The molecular weight excluding hydrogens is 405 g/mol. The number of hydrogen-bond acceptors (Lipinski definition) is 3. The Morgan fingerprint density at radius 2 is 1.81 bits per heavy atom. The van der Waals surface area contributed by atoms with Gasteiger partial charge in [-0.15, -0.1) is 26.0 Å². The summed E-state index contributed by atoms with van der Waals surface area (Å²) in [7, 11) is 1.56. The fourth-order valence-electron chi connectivity index (χ4n) is 3.32. The van der Waals surface area contributed by atoms with E-state index in [-0.39, 0.29) is 12.7 Å². The highest BCUT2D eigenvalue weighted by molar-refractivity contribution is 6.50. The van der Waals surface area contributed by atoms with Crippen LogP contribution in [0.1, 0.15) is 39.6 Å². The van der Waals surface area contributed by atoms with E-state index < -0.39 is 5.78 Å². The summed E-state index contributed by atoms with van der Waals surface area (Å²) in [6.45, 7) is 9.74. The molecule has 2 aliphatic carbocycles. The second-order valence-electron chi connectivity index (χ2n) is 7.04. The van der Waals surface area contributed by atoms with E-state index in [0.717, 1.165) is 35.7 Å². The first-order chi connectivity index (χ1) is 14.9. The zero-order chi connectivity index (χ0) is 23.8. The molecule has 0 spiro atoms. The van der Waals surface area contributed by atoms with E-state index in [2.05, 4.69) is 30.0 Å². The third-order valence-electron chi connectivity index (χ3n) is 5.19. The monoisotopic (exact) mass is 441 g/mol. The van der Waals surface area contributed by atoms with Crippen LogP contribution in [0.15, 0.2) is 54.1 Å². The van der Waals surface area contributed by atoms with Gasteiger partial charge >= 0.3 is 0 Å². The van der Waals surface area contributed by atoms with Crippen molar-refractivity contribution in [2.45, 2.75) is 39.5 Å². The van der Waals surface area contributed by atoms with E-state index in [9.17, 15) is 14.0 Å². The first-order valence-electron chi connectivity index (χ1n) is 10.2. The van der Waals surface area contributed by atoms with Crippen LogP contribution in [0.2, 0.25) is 0 Å².